The maximum Gasteiger partial charge on any atom is 0.259 e. The number of rotatable bonds is 7. The van der Waals surface area contributed by atoms with Crippen LogP contribution in [0, 0.1) is 12.8 Å². The van der Waals surface area contributed by atoms with E-state index in [2.05, 4.69) is 15.3 Å². The second-order valence-corrected chi connectivity index (χ2v) is 8.91. The molecule has 3 heterocycles. The van der Waals surface area contributed by atoms with E-state index in [1.807, 2.05) is 24.5 Å². The highest BCUT2D eigenvalue weighted by atomic mass is 16.2. The Hall–Kier alpha value is -3.35. The number of hydrogen-bond donors (Lipinski definition) is 1. The van der Waals surface area contributed by atoms with E-state index < -0.39 is 0 Å². The van der Waals surface area contributed by atoms with Crippen LogP contribution in [0.25, 0.3) is 22.0 Å². The van der Waals surface area contributed by atoms with Crippen LogP contribution in [0.2, 0.25) is 0 Å². The quantitative estimate of drug-likeness (QED) is 0.560. The lowest BCUT2D eigenvalue weighted by molar-refractivity contribution is -0.117. The molecule has 0 bridgehead atoms. The van der Waals surface area contributed by atoms with Crippen molar-refractivity contribution in [2.45, 2.75) is 58.4 Å². The fraction of sp³-hybridized carbons (Fsp3) is 0.400. The summed E-state index contributed by atoms with van der Waals surface area (Å²) in [4.78, 5) is 46.7. The number of amides is 1. The molecule has 7 nitrogen and oxygen atoms in total. The van der Waals surface area contributed by atoms with Crippen LogP contribution in [-0.2, 0) is 4.79 Å². The van der Waals surface area contributed by atoms with Gasteiger partial charge in [0.15, 0.2) is 5.78 Å². The lowest BCUT2D eigenvalue weighted by Gasteiger charge is -2.15. The van der Waals surface area contributed by atoms with Gasteiger partial charge in [0.05, 0.1) is 5.52 Å². The Bertz CT molecular complexity index is 1300. The van der Waals surface area contributed by atoms with Crippen LogP contribution >= 0.6 is 0 Å². The number of aromatic nitrogens is 3. The van der Waals surface area contributed by atoms with Crippen LogP contribution in [-0.4, -0.2) is 26.2 Å². The molecule has 32 heavy (non-hydrogen) atoms. The van der Waals surface area contributed by atoms with Gasteiger partial charge in [-0.2, -0.15) is 0 Å². The fourth-order valence-electron chi connectivity index (χ4n) is 4.11. The Morgan fingerprint density at radius 2 is 1.84 bits per heavy atom. The summed E-state index contributed by atoms with van der Waals surface area (Å²) in [6.07, 6.45) is 8.32. The van der Waals surface area contributed by atoms with Crippen molar-refractivity contribution in [3.05, 3.63) is 52.2 Å². The largest absolute Gasteiger partial charge is 0.310 e. The molecule has 1 amide bonds. The van der Waals surface area contributed by atoms with Gasteiger partial charge in [-0.3, -0.25) is 19.4 Å². The zero-order chi connectivity index (χ0) is 22.4. The molecule has 0 saturated heterocycles. The predicted octanol–water partition coefficient (Wildman–Crippen LogP) is 4.43. The molecule has 7 heteroatoms. The maximum atomic E-state index is 13.6. The van der Waals surface area contributed by atoms with Crippen molar-refractivity contribution in [2.75, 3.05) is 5.32 Å². The minimum Gasteiger partial charge on any atom is -0.310 e. The second kappa shape index (κ2) is 7.97. The summed E-state index contributed by atoms with van der Waals surface area (Å²) in [5, 5.41) is 3.71. The molecule has 2 fully saturated rings. The first kappa shape index (κ1) is 20.5. The highest BCUT2D eigenvalue weighted by molar-refractivity contribution is 5.96. The third-order valence-electron chi connectivity index (χ3n) is 6.20. The summed E-state index contributed by atoms with van der Waals surface area (Å²) in [5.74, 6) is 0.574. The van der Waals surface area contributed by atoms with Crippen molar-refractivity contribution >= 4 is 28.4 Å². The second-order valence-electron chi connectivity index (χ2n) is 8.91. The van der Waals surface area contributed by atoms with Crippen LogP contribution in [0.5, 0.6) is 0 Å². The van der Waals surface area contributed by atoms with Gasteiger partial charge in [0.25, 0.3) is 5.56 Å². The molecule has 0 spiro atoms. The third kappa shape index (κ3) is 3.83. The topological polar surface area (TPSA) is 94.0 Å². The zero-order valence-corrected chi connectivity index (χ0v) is 18.4. The summed E-state index contributed by atoms with van der Waals surface area (Å²) in [5.41, 5.74) is 3.27. The van der Waals surface area contributed by atoms with Crippen LogP contribution in [0.4, 0.5) is 5.82 Å². The van der Waals surface area contributed by atoms with Gasteiger partial charge >= 0.3 is 0 Å². The van der Waals surface area contributed by atoms with Gasteiger partial charge in [-0.1, -0.05) is 6.92 Å². The maximum absolute atomic E-state index is 13.6. The van der Waals surface area contributed by atoms with Crippen LogP contribution in [0.15, 0.2) is 35.4 Å². The third-order valence-corrected chi connectivity index (χ3v) is 6.20. The first-order valence-corrected chi connectivity index (χ1v) is 11.3. The SMILES string of the molecule is CCCC(=O)c1cc(C)c(-c2cc3cnc(NC(=O)C4CC4)cc3n(C3CC3)c2=O)cn1. The molecule has 0 atom stereocenters. The van der Waals surface area contributed by atoms with Gasteiger partial charge in [0, 0.05) is 53.4 Å². The highest BCUT2D eigenvalue weighted by Gasteiger charge is 2.31. The predicted molar refractivity (Wildman–Crippen MR) is 123 cm³/mol. The number of hydrogen-bond acceptors (Lipinski definition) is 5. The standard InChI is InChI=1S/C25H26N4O3/c1-3-4-22(30)20-9-14(2)19(13-26-20)18-10-16-12-27-23(28-24(31)15-5-6-15)11-21(16)29(25(18)32)17-7-8-17/h9-13,15,17H,3-8H2,1-2H3,(H,27,28,31). The number of nitrogens with zero attached hydrogens (tertiary/aromatic N) is 3. The smallest absolute Gasteiger partial charge is 0.259 e. The van der Waals surface area contributed by atoms with E-state index in [-0.39, 0.29) is 29.2 Å². The monoisotopic (exact) mass is 430 g/mol. The van der Waals surface area contributed by atoms with Crippen molar-refractivity contribution in [3.8, 4) is 11.1 Å². The van der Waals surface area contributed by atoms with Crippen molar-refractivity contribution in [1.29, 1.82) is 0 Å². The molecule has 2 aliphatic carbocycles. The van der Waals surface area contributed by atoms with E-state index >= 15 is 0 Å². The number of aryl methyl sites for hydroxylation is 1. The van der Waals surface area contributed by atoms with Gasteiger partial charge in [0.2, 0.25) is 5.91 Å². The number of pyridine rings is 3. The number of Topliss-reactive ketones (excluding diaryl/α,β-unsaturated/α-hetero) is 1. The average Bonchev–Trinajstić information content (AvgIpc) is 3.67. The minimum absolute atomic E-state index is 0.00630. The summed E-state index contributed by atoms with van der Waals surface area (Å²) < 4.78 is 1.83. The fourth-order valence-corrected chi connectivity index (χ4v) is 4.11. The molecule has 0 unspecified atom stereocenters. The molecular formula is C25H26N4O3. The average molecular weight is 431 g/mol. The first-order valence-electron chi connectivity index (χ1n) is 11.3. The molecule has 164 valence electrons. The lowest BCUT2D eigenvalue weighted by Crippen LogP contribution is -2.22. The van der Waals surface area contributed by atoms with E-state index in [1.165, 1.54) is 0 Å². The summed E-state index contributed by atoms with van der Waals surface area (Å²) >= 11 is 0. The Morgan fingerprint density at radius 3 is 2.50 bits per heavy atom. The van der Waals surface area contributed by atoms with Gasteiger partial charge < -0.3 is 9.88 Å². The number of ketones is 1. The number of carbonyl (C=O) groups excluding carboxylic acids is 2. The Morgan fingerprint density at radius 1 is 1.06 bits per heavy atom. The van der Waals surface area contributed by atoms with E-state index in [1.54, 1.807) is 24.5 Å². The molecule has 3 aromatic rings. The van der Waals surface area contributed by atoms with Crippen LogP contribution in [0.3, 0.4) is 0 Å². The molecule has 3 aromatic heterocycles. The number of carbonyl (C=O) groups is 2. The van der Waals surface area contributed by atoms with E-state index in [4.69, 9.17) is 0 Å². The zero-order valence-electron chi connectivity index (χ0n) is 18.4. The van der Waals surface area contributed by atoms with E-state index in [0.717, 1.165) is 54.1 Å². The van der Waals surface area contributed by atoms with Crippen molar-refractivity contribution in [1.82, 2.24) is 14.5 Å². The molecule has 0 aromatic carbocycles. The van der Waals surface area contributed by atoms with Gasteiger partial charge in [-0.05, 0) is 56.7 Å². The van der Waals surface area contributed by atoms with E-state index in [0.29, 0.717) is 23.5 Å². The Kier molecular flexibility index (Phi) is 5.12. The first-order chi connectivity index (χ1) is 15.5. The van der Waals surface area contributed by atoms with Gasteiger partial charge in [-0.25, -0.2) is 4.98 Å². The molecular weight excluding hydrogens is 404 g/mol. The minimum atomic E-state index is -0.0804. The molecule has 0 aliphatic heterocycles. The Balaban J connectivity index is 1.59. The van der Waals surface area contributed by atoms with E-state index in [9.17, 15) is 14.4 Å². The Labute approximate surface area is 185 Å². The van der Waals surface area contributed by atoms with Gasteiger partial charge in [-0.15, -0.1) is 0 Å². The lowest BCUT2D eigenvalue weighted by atomic mass is 10.0. The number of fused-ring (bicyclic) bond motifs is 1. The number of nitrogens with one attached hydrogen (secondary N) is 1. The summed E-state index contributed by atoms with van der Waals surface area (Å²) in [7, 11) is 0. The molecule has 1 N–H and O–H groups in total. The summed E-state index contributed by atoms with van der Waals surface area (Å²) in [6.45, 7) is 3.87. The van der Waals surface area contributed by atoms with Crippen molar-refractivity contribution in [2.24, 2.45) is 5.92 Å². The molecule has 0 radical (unpaired) electrons. The number of anilines is 1. The summed E-state index contributed by atoms with van der Waals surface area (Å²) in [6, 6.07) is 5.57. The van der Waals surface area contributed by atoms with Crippen molar-refractivity contribution < 1.29 is 9.59 Å². The highest BCUT2D eigenvalue weighted by Crippen LogP contribution is 2.37. The van der Waals surface area contributed by atoms with Crippen molar-refractivity contribution in [3.63, 3.8) is 0 Å². The van der Waals surface area contributed by atoms with Crippen LogP contribution < -0.4 is 10.9 Å². The molecule has 2 aliphatic rings. The molecule has 2 saturated carbocycles. The normalized spacial score (nSPS) is 15.7. The molecule has 5 rings (SSSR count). The van der Waals surface area contributed by atoms with Gasteiger partial charge in [0.1, 0.15) is 11.5 Å². The van der Waals surface area contributed by atoms with Crippen LogP contribution in [0.1, 0.15) is 67.5 Å².